The number of hydrogen-bond donors (Lipinski definition) is 2. The van der Waals surface area contributed by atoms with Crippen molar-refractivity contribution in [1.82, 2.24) is 15.2 Å². The van der Waals surface area contributed by atoms with Crippen molar-refractivity contribution in [2.24, 2.45) is 0 Å². The first-order chi connectivity index (χ1) is 10.3. The number of methoxy groups -OCH3 is 2. The lowest BCUT2D eigenvalue weighted by Gasteiger charge is -2.11. The molecule has 0 aliphatic heterocycles. The van der Waals surface area contributed by atoms with Crippen LogP contribution < -0.4 is 20.1 Å². The predicted octanol–water partition coefficient (Wildman–Crippen LogP) is 2.21. The van der Waals surface area contributed by atoms with Gasteiger partial charge in [-0.05, 0) is 25.0 Å². The quantitative estimate of drug-likeness (QED) is 0.843. The van der Waals surface area contributed by atoms with Gasteiger partial charge in [0.25, 0.3) is 0 Å². The lowest BCUT2D eigenvalue weighted by molar-refractivity contribution is 0.405. The molecule has 2 N–H and O–H groups in total. The van der Waals surface area contributed by atoms with Gasteiger partial charge in [-0.15, -0.1) is 5.10 Å². The fourth-order valence-electron chi connectivity index (χ4n) is 1.90. The summed E-state index contributed by atoms with van der Waals surface area (Å²) in [5, 5.41) is 14.3. The molecule has 1 aliphatic rings. The van der Waals surface area contributed by atoms with Crippen LogP contribution in [0.4, 0.5) is 17.5 Å². The van der Waals surface area contributed by atoms with Gasteiger partial charge in [0.05, 0.1) is 26.1 Å². The van der Waals surface area contributed by atoms with E-state index in [2.05, 4.69) is 25.8 Å². The fourth-order valence-corrected chi connectivity index (χ4v) is 1.90. The molecule has 7 nitrogen and oxygen atoms in total. The molecular weight excluding hydrogens is 270 g/mol. The zero-order valence-corrected chi connectivity index (χ0v) is 12.0. The highest BCUT2D eigenvalue weighted by Crippen LogP contribution is 2.31. The van der Waals surface area contributed by atoms with Crippen molar-refractivity contribution in [1.29, 1.82) is 0 Å². The third kappa shape index (κ3) is 3.31. The molecule has 1 saturated carbocycles. The number of nitrogens with one attached hydrogen (secondary N) is 2. The number of anilines is 3. The normalized spacial score (nSPS) is 13.6. The molecule has 0 saturated heterocycles. The van der Waals surface area contributed by atoms with Crippen LogP contribution >= 0.6 is 0 Å². The number of nitrogens with zero attached hydrogens (tertiary/aromatic N) is 3. The maximum absolute atomic E-state index is 5.31. The Hall–Kier alpha value is -2.57. The first kappa shape index (κ1) is 13.4. The number of rotatable bonds is 6. The zero-order chi connectivity index (χ0) is 14.7. The van der Waals surface area contributed by atoms with Gasteiger partial charge in [-0.1, -0.05) is 0 Å². The molecule has 110 valence electrons. The third-order valence-electron chi connectivity index (χ3n) is 3.14. The van der Waals surface area contributed by atoms with Crippen molar-refractivity contribution in [2.75, 3.05) is 24.9 Å². The minimum Gasteiger partial charge on any atom is -0.497 e. The molecule has 0 amide bonds. The lowest BCUT2D eigenvalue weighted by atomic mass is 10.2. The second kappa shape index (κ2) is 5.82. The van der Waals surface area contributed by atoms with E-state index in [4.69, 9.17) is 9.47 Å². The highest BCUT2D eigenvalue weighted by atomic mass is 16.5. The molecule has 1 aliphatic carbocycles. The highest BCUT2D eigenvalue weighted by molar-refractivity contribution is 5.65. The maximum atomic E-state index is 5.31. The molecule has 7 heteroatoms. The SMILES string of the molecule is COc1ccc(OC)c(Nc2nncc(NC3CC3)n2)c1. The summed E-state index contributed by atoms with van der Waals surface area (Å²) in [7, 11) is 3.22. The van der Waals surface area contributed by atoms with Crippen LogP contribution in [0.1, 0.15) is 12.8 Å². The molecule has 21 heavy (non-hydrogen) atoms. The Morgan fingerprint density at radius 2 is 2.05 bits per heavy atom. The Bertz CT molecular complexity index is 631. The summed E-state index contributed by atoms with van der Waals surface area (Å²) in [6.07, 6.45) is 3.97. The van der Waals surface area contributed by atoms with E-state index in [1.54, 1.807) is 20.4 Å². The summed E-state index contributed by atoms with van der Waals surface area (Å²) in [5.41, 5.74) is 0.724. The Labute approximate surface area is 122 Å². The average molecular weight is 287 g/mol. The Morgan fingerprint density at radius 3 is 2.76 bits per heavy atom. The van der Waals surface area contributed by atoms with Crippen molar-refractivity contribution < 1.29 is 9.47 Å². The van der Waals surface area contributed by atoms with E-state index < -0.39 is 0 Å². The summed E-state index contributed by atoms with van der Waals surface area (Å²) in [6.45, 7) is 0. The van der Waals surface area contributed by atoms with Crippen molar-refractivity contribution in [3.05, 3.63) is 24.4 Å². The van der Waals surface area contributed by atoms with Crippen LogP contribution in [0.2, 0.25) is 0 Å². The van der Waals surface area contributed by atoms with Gasteiger partial charge in [0.1, 0.15) is 11.5 Å². The number of aromatic nitrogens is 3. The van der Waals surface area contributed by atoms with Crippen LogP contribution in [0.15, 0.2) is 24.4 Å². The fraction of sp³-hybridized carbons (Fsp3) is 0.357. The monoisotopic (exact) mass is 287 g/mol. The standard InChI is InChI=1S/C14H17N5O2/c1-20-10-5-6-12(21-2)11(7-10)17-14-18-13(8-15-19-14)16-9-3-4-9/h5-9H,3-4H2,1-2H3,(H2,16,17,18,19). The van der Waals surface area contributed by atoms with E-state index in [1.807, 2.05) is 18.2 Å². The van der Waals surface area contributed by atoms with Crippen molar-refractivity contribution in [3.63, 3.8) is 0 Å². The van der Waals surface area contributed by atoms with Gasteiger partial charge in [0, 0.05) is 12.1 Å². The van der Waals surface area contributed by atoms with E-state index >= 15 is 0 Å². The molecule has 3 rings (SSSR count). The molecule has 0 radical (unpaired) electrons. The van der Waals surface area contributed by atoms with Gasteiger partial charge in [-0.3, -0.25) is 0 Å². The van der Waals surface area contributed by atoms with Gasteiger partial charge in [-0.25, -0.2) is 0 Å². The maximum Gasteiger partial charge on any atom is 0.249 e. The van der Waals surface area contributed by atoms with Crippen LogP contribution in [0.3, 0.4) is 0 Å². The largest absolute Gasteiger partial charge is 0.497 e. The topological polar surface area (TPSA) is 81.2 Å². The lowest BCUT2D eigenvalue weighted by Crippen LogP contribution is -2.07. The summed E-state index contributed by atoms with van der Waals surface area (Å²) in [5.74, 6) is 2.53. The van der Waals surface area contributed by atoms with Crippen LogP contribution in [0, 0.1) is 0 Å². The first-order valence-electron chi connectivity index (χ1n) is 6.74. The number of hydrogen-bond acceptors (Lipinski definition) is 7. The molecule has 1 heterocycles. The Kier molecular flexibility index (Phi) is 3.72. The summed E-state index contributed by atoms with van der Waals surface area (Å²) in [4.78, 5) is 4.39. The smallest absolute Gasteiger partial charge is 0.249 e. The van der Waals surface area contributed by atoms with E-state index in [-0.39, 0.29) is 0 Å². The van der Waals surface area contributed by atoms with Crippen LogP contribution in [-0.2, 0) is 0 Å². The summed E-state index contributed by atoms with van der Waals surface area (Å²) in [6, 6.07) is 5.99. The number of ether oxygens (including phenoxy) is 2. The molecular formula is C14H17N5O2. The number of benzene rings is 1. The zero-order valence-electron chi connectivity index (χ0n) is 12.0. The molecule has 2 aromatic rings. The van der Waals surface area contributed by atoms with Gasteiger partial charge >= 0.3 is 0 Å². The van der Waals surface area contributed by atoms with Gasteiger partial charge in [0.2, 0.25) is 5.95 Å². The minimum atomic E-state index is 0.409. The molecule has 0 spiro atoms. The minimum absolute atomic E-state index is 0.409. The Balaban J connectivity index is 1.81. The van der Waals surface area contributed by atoms with Crippen LogP contribution in [0.25, 0.3) is 0 Å². The van der Waals surface area contributed by atoms with Gasteiger partial charge in [0.15, 0.2) is 5.82 Å². The summed E-state index contributed by atoms with van der Waals surface area (Å²) >= 11 is 0. The van der Waals surface area contributed by atoms with Gasteiger partial charge < -0.3 is 20.1 Å². The van der Waals surface area contributed by atoms with Crippen molar-refractivity contribution in [2.45, 2.75) is 18.9 Å². The molecule has 1 aromatic heterocycles. The van der Waals surface area contributed by atoms with Crippen molar-refractivity contribution >= 4 is 17.5 Å². The van der Waals surface area contributed by atoms with E-state index in [0.717, 1.165) is 17.3 Å². The average Bonchev–Trinajstić information content (AvgIpc) is 3.31. The van der Waals surface area contributed by atoms with E-state index in [9.17, 15) is 0 Å². The molecule has 1 fully saturated rings. The third-order valence-corrected chi connectivity index (χ3v) is 3.14. The molecule has 0 unspecified atom stereocenters. The van der Waals surface area contributed by atoms with Crippen LogP contribution in [0.5, 0.6) is 11.5 Å². The molecule has 1 aromatic carbocycles. The van der Waals surface area contributed by atoms with E-state index in [0.29, 0.717) is 17.7 Å². The molecule has 0 bridgehead atoms. The predicted molar refractivity (Wildman–Crippen MR) is 79.3 cm³/mol. The molecule has 0 atom stereocenters. The highest BCUT2D eigenvalue weighted by Gasteiger charge is 2.21. The van der Waals surface area contributed by atoms with Crippen LogP contribution in [-0.4, -0.2) is 35.4 Å². The summed E-state index contributed by atoms with van der Waals surface area (Å²) < 4.78 is 10.5. The van der Waals surface area contributed by atoms with Gasteiger partial charge in [-0.2, -0.15) is 10.1 Å². The second-order valence-electron chi connectivity index (χ2n) is 4.78. The first-order valence-corrected chi connectivity index (χ1v) is 6.74. The van der Waals surface area contributed by atoms with E-state index in [1.165, 1.54) is 12.8 Å². The second-order valence-corrected chi connectivity index (χ2v) is 4.78. The van der Waals surface area contributed by atoms with Crippen molar-refractivity contribution in [3.8, 4) is 11.5 Å². The Morgan fingerprint density at radius 1 is 1.19 bits per heavy atom.